The summed E-state index contributed by atoms with van der Waals surface area (Å²) in [6.45, 7) is 0. The molecule has 0 aliphatic rings. The monoisotopic (exact) mass is 410 g/mol. The van der Waals surface area contributed by atoms with E-state index in [1.54, 1.807) is 0 Å². The first-order chi connectivity index (χ1) is 10.6. The van der Waals surface area contributed by atoms with Crippen molar-refractivity contribution in [2.45, 2.75) is 35.2 Å². The highest BCUT2D eigenvalue weighted by Gasteiger charge is 2.63. The van der Waals surface area contributed by atoms with Gasteiger partial charge in [0.15, 0.2) is 0 Å². The molecule has 24 heavy (non-hydrogen) atoms. The van der Waals surface area contributed by atoms with Gasteiger partial charge in [-0.1, -0.05) is 23.5 Å². The van der Waals surface area contributed by atoms with E-state index in [0.717, 1.165) is 0 Å². The van der Waals surface area contributed by atoms with Crippen LogP contribution in [0.3, 0.4) is 0 Å². The van der Waals surface area contributed by atoms with Crippen molar-refractivity contribution < 1.29 is 54.9 Å². The van der Waals surface area contributed by atoms with Gasteiger partial charge in [-0.05, 0) is 24.3 Å². The molecule has 142 valence electrons. The van der Waals surface area contributed by atoms with Gasteiger partial charge in [-0.3, -0.25) is 0 Å². The van der Waals surface area contributed by atoms with Gasteiger partial charge in [0.2, 0.25) is 0 Å². The second-order valence-corrected chi connectivity index (χ2v) is 6.62. The van der Waals surface area contributed by atoms with Crippen LogP contribution in [0.1, 0.15) is 12.8 Å². The second kappa shape index (κ2) is 7.97. The fourth-order valence-electron chi connectivity index (χ4n) is 1.04. The molecule has 0 fully saturated rings. The Morgan fingerprint density at radius 1 is 0.667 bits per heavy atom. The molecule has 2 N–H and O–H groups in total. The Morgan fingerprint density at radius 2 is 0.917 bits per heavy atom. The average Bonchev–Trinajstić information content (AvgIpc) is 2.41. The summed E-state index contributed by atoms with van der Waals surface area (Å²) in [5.74, 6) is -18.2. The van der Waals surface area contributed by atoms with Crippen molar-refractivity contribution in [1.29, 1.82) is 0 Å². The Hall–Kier alpha value is -0.920. The third kappa shape index (κ3) is 5.29. The standard InChI is InChI=1S/C10H10F8O4S2/c11-7(12,5(19)20)9(15,16)23-3-1-2-4-24-10(17,18)8(13,14)6(21)22/h1-4H2,(H,19,20)(H,21,22). The molecule has 0 spiro atoms. The first kappa shape index (κ1) is 23.1. The van der Waals surface area contributed by atoms with Crippen molar-refractivity contribution >= 4 is 35.5 Å². The molecule has 4 nitrogen and oxygen atoms in total. The molecule has 0 heterocycles. The maximum atomic E-state index is 12.9. The summed E-state index contributed by atoms with van der Waals surface area (Å²) in [7, 11) is 0. The average molecular weight is 410 g/mol. The number of carboxylic acids is 2. The summed E-state index contributed by atoms with van der Waals surface area (Å²) < 4.78 is 102. The Morgan fingerprint density at radius 3 is 1.12 bits per heavy atom. The summed E-state index contributed by atoms with van der Waals surface area (Å²) in [6.07, 6.45) is -0.782. The van der Waals surface area contributed by atoms with Crippen LogP contribution >= 0.6 is 23.5 Å². The molecule has 0 bridgehead atoms. The third-order valence-corrected chi connectivity index (χ3v) is 4.60. The van der Waals surface area contributed by atoms with Crippen LogP contribution in [0.2, 0.25) is 0 Å². The van der Waals surface area contributed by atoms with E-state index in [4.69, 9.17) is 10.2 Å². The van der Waals surface area contributed by atoms with E-state index < -0.39 is 82.2 Å². The SMILES string of the molecule is O=C(O)C(F)(F)C(F)(F)SCCCCSC(F)(F)C(F)(F)C(=O)O. The van der Waals surface area contributed by atoms with Crippen LogP contribution < -0.4 is 0 Å². The maximum Gasteiger partial charge on any atom is 0.413 e. The van der Waals surface area contributed by atoms with E-state index in [1.807, 2.05) is 0 Å². The lowest BCUT2D eigenvalue weighted by atomic mass is 10.3. The number of aliphatic carboxylic acids is 2. The van der Waals surface area contributed by atoms with Gasteiger partial charge in [-0.2, -0.15) is 35.1 Å². The zero-order valence-corrected chi connectivity index (χ0v) is 13.0. The highest BCUT2D eigenvalue weighted by atomic mass is 32.2. The number of alkyl halides is 8. The zero-order valence-electron chi connectivity index (χ0n) is 11.4. The third-order valence-electron chi connectivity index (χ3n) is 2.37. The van der Waals surface area contributed by atoms with Crippen molar-refractivity contribution in [3.05, 3.63) is 0 Å². The van der Waals surface area contributed by atoms with Crippen LogP contribution in [0.15, 0.2) is 0 Å². The van der Waals surface area contributed by atoms with Gasteiger partial charge >= 0.3 is 34.3 Å². The highest BCUT2D eigenvalue weighted by Crippen LogP contribution is 2.45. The number of carbonyl (C=O) groups is 2. The van der Waals surface area contributed by atoms with Crippen LogP contribution in [-0.4, -0.2) is 56.0 Å². The largest absolute Gasteiger partial charge is 0.477 e. The van der Waals surface area contributed by atoms with Gasteiger partial charge in [-0.15, -0.1) is 0 Å². The molecule has 0 radical (unpaired) electrons. The number of unbranched alkanes of at least 4 members (excludes halogenated alkanes) is 1. The van der Waals surface area contributed by atoms with E-state index in [1.165, 1.54) is 0 Å². The van der Waals surface area contributed by atoms with Gasteiger partial charge in [0.05, 0.1) is 0 Å². The molecule has 0 amide bonds. The van der Waals surface area contributed by atoms with Crippen molar-refractivity contribution in [2.24, 2.45) is 0 Å². The fraction of sp³-hybridized carbons (Fsp3) is 0.800. The highest BCUT2D eigenvalue weighted by molar-refractivity contribution is 8.00. The lowest BCUT2D eigenvalue weighted by Gasteiger charge is -2.23. The van der Waals surface area contributed by atoms with Crippen molar-refractivity contribution in [3.63, 3.8) is 0 Å². The van der Waals surface area contributed by atoms with Crippen LogP contribution in [-0.2, 0) is 9.59 Å². The van der Waals surface area contributed by atoms with Crippen LogP contribution in [0.25, 0.3) is 0 Å². The molecular formula is C10H10F8O4S2. The van der Waals surface area contributed by atoms with Crippen LogP contribution in [0.5, 0.6) is 0 Å². The number of hydrogen-bond donors (Lipinski definition) is 2. The van der Waals surface area contributed by atoms with Crippen molar-refractivity contribution in [3.8, 4) is 0 Å². The molecule has 0 unspecified atom stereocenters. The van der Waals surface area contributed by atoms with Crippen LogP contribution in [0.4, 0.5) is 35.1 Å². The number of halogens is 8. The van der Waals surface area contributed by atoms with E-state index in [9.17, 15) is 44.7 Å². The molecule has 0 aliphatic heterocycles. The Labute approximate surface area is 138 Å². The molecular weight excluding hydrogens is 400 g/mol. The van der Waals surface area contributed by atoms with Gasteiger partial charge in [-0.25, -0.2) is 9.59 Å². The van der Waals surface area contributed by atoms with Crippen LogP contribution in [0, 0.1) is 0 Å². The molecule has 0 rings (SSSR count). The summed E-state index contributed by atoms with van der Waals surface area (Å²) in [4.78, 5) is 20.0. The van der Waals surface area contributed by atoms with Gasteiger partial charge in [0.25, 0.3) is 0 Å². The first-order valence-corrected chi connectivity index (χ1v) is 7.82. The van der Waals surface area contributed by atoms with Gasteiger partial charge in [0, 0.05) is 0 Å². The summed E-state index contributed by atoms with van der Waals surface area (Å²) in [5, 5.41) is 6.08. The fourth-order valence-corrected chi connectivity index (χ4v) is 2.78. The molecule has 14 heteroatoms. The number of carboxylic acid groups (broad SMARTS) is 2. The number of rotatable bonds is 11. The minimum atomic E-state index is -5.33. The van der Waals surface area contributed by atoms with E-state index in [-0.39, 0.29) is 0 Å². The lowest BCUT2D eigenvalue weighted by molar-refractivity contribution is -0.196. The Bertz CT molecular complexity index is 430. The Kier molecular flexibility index (Phi) is 7.67. The van der Waals surface area contributed by atoms with E-state index in [2.05, 4.69) is 0 Å². The molecule has 0 aromatic rings. The zero-order chi connectivity index (χ0) is 19.4. The molecule has 0 atom stereocenters. The Balaban J connectivity index is 4.30. The quantitative estimate of drug-likeness (QED) is 0.398. The normalized spacial score (nSPS) is 13.8. The predicted molar refractivity (Wildman–Crippen MR) is 69.2 cm³/mol. The second-order valence-electron chi connectivity index (χ2n) is 4.20. The minimum Gasteiger partial charge on any atom is -0.477 e. The summed E-state index contributed by atoms with van der Waals surface area (Å²) >= 11 is -1.44. The number of hydrogen-bond acceptors (Lipinski definition) is 4. The smallest absolute Gasteiger partial charge is 0.413 e. The van der Waals surface area contributed by atoms with Crippen molar-refractivity contribution in [2.75, 3.05) is 11.5 Å². The van der Waals surface area contributed by atoms with E-state index in [0.29, 0.717) is 0 Å². The predicted octanol–water partition coefficient (Wildman–Crippen LogP) is 3.86. The number of thioether (sulfide) groups is 2. The van der Waals surface area contributed by atoms with Gasteiger partial charge in [0.1, 0.15) is 0 Å². The minimum absolute atomic E-state index is 0.391. The first-order valence-electron chi connectivity index (χ1n) is 5.85. The molecule has 0 saturated heterocycles. The van der Waals surface area contributed by atoms with Crippen molar-refractivity contribution in [1.82, 2.24) is 0 Å². The lowest BCUT2D eigenvalue weighted by Crippen LogP contribution is -2.45. The molecule has 0 aromatic heterocycles. The van der Waals surface area contributed by atoms with E-state index >= 15 is 0 Å². The molecule has 0 aliphatic carbocycles. The molecule has 0 saturated carbocycles. The summed E-state index contributed by atoms with van der Waals surface area (Å²) in [6, 6.07) is 0. The maximum absolute atomic E-state index is 12.9. The topological polar surface area (TPSA) is 74.6 Å². The van der Waals surface area contributed by atoms with Gasteiger partial charge < -0.3 is 10.2 Å². The summed E-state index contributed by atoms with van der Waals surface area (Å²) in [5.41, 5.74) is 0. The molecule has 0 aromatic carbocycles.